The highest BCUT2D eigenvalue weighted by Crippen LogP contribution is 2.18. The van der Waals surface area contributed by atoms with E-state index < -0.39 is 0 Å². The van der Waals surface area contributed by atoms with Crippen LogP contribution in [-0.2, 0) is 4.79 Å². The van der Waals surface area contributed by atoms with Crippen molar-refractivity contribution in [2.45, 2.75) is 41.0 Å². The number of carbonyl (C=O) groups excluding carboxylic acids is 1. The molecule has 0 spiro atoms. The van der Waals surface area contributed by atoms with E-state index in [1.165, 1.54) is 0 Å². The maximum absolute atomic E-state index is 10.9. The Morgan fingerprint density at radius 2 is 1.79 bits per heavy atom. The first-order chi connectivity index (χ1) is 6.27. The fraction of sp³-hybridized carbons (Fsp3) is 0.667. The SMILES string of the molecule is CN=C(/C=C(\C)CC(C)=O)C(C)(C)C. The molecule has 0 N–H and O–H groups in total. The summed E-state index contributed by atoms with van der Waals surface area (Å²) in [6.45, 7) is 9.93. The topological polar surface area (TPSA) is 29.4 Å². The van der Waals surface area contributed by atoms with Crippen molar-refractivity contribution in [1.29, 1.82) is 0 Å². The number of nitrogens with zero attached hydrogens (tertiary/aromatic N) is 1. The van der Waals surface area contributed by atoms with E-state index in [2.05, 4.69) is 25.8 Å². The van der Waals surface area contributed by atoms with Crippen molar-refractivity contribution in [3.63, 3.8) is 0 Å². The molecule has 0 aliphatic rings. The Labute approximate surface area is 87.1 Å². The van der Waals surface area contributed by atoms with Gasteiger partial charge in [-0.05, 0) is 19.9 Å². The molecule has 80 valence electrons. The normalized spacial score (nSPS) is 14.4. The minimum Gasteiger partial charge on any atom is -0.300 e. The van der Waals surface area contributed by atoms with Crippen LogP contribution in [0.5, 0.6) is 0 Å². The van der Waals surface area contributed by atoms with Gasteiger partial charge in [0.1, 0.15) is 5.78 Å². The molecule has 0 amide bonds. The van der Waals surface area contributed by atoms with Gasteiger partial charge < -0.3 is 0 Å². The maximum atomic E-state index is 10.9. The molecular formula is C12H21NO. The number of aliphatic imine (C=N–C) groups is 1. The first-order valence-corrected chi connectivity index (χ1v) is 4.91. The number of hydrogen-bond acceptors (Lipinski definition) is 2. The molecule has 0 aliphatic carbocycles. The molecule has 0 aliphatic heterocycles. The Morgan fingerprint density at radius 1 is 1.29 bits per heavy atom. The van der Waals surface area contributed by atoms with Gasteiger partial charge in [0.15, 0.2) is 0 Å². The van der Waals surface area contributed by atoms with Gasteiger partial charge in [-0.25, -0.2) is 0 Å². The van der Waals surface area contributed by atoms with Gasteiger partial charge in [-0.1, -0.05) is 26.3 Å². The van der Waals surface area contributed by atoms with Crippen LogP contribution < -0.4 is 0 Å². The number of hydrogen-bond donors (Lipinski definition) is 0. The minimum absolute atomic E-state index is 0.0484. The van der Waals surface area contributed by atoms with Gasteiger partial charge in [0, 0.05) is 24.6 Å². The van der Waals surface area contributed by atoms with Crippen LogP contribution in [0.2, 0.25) is 0 Å². The van der Waals surface area contributed by atoms with E-state index in [4.69, 9.17) is 0 Å². The highest BCUT2D eigenvalue weighted by molar-refractivity contribution is 5.99. The summed E-state index contributed by atoms with van der Waals surface area (Å²) in [5.41, 5.74) is 2.16. The predicted octanol–water partition coefficient (Wildman–Crippen LogP) is 3.03. The number of Topliss-reactive ketones (excluding diaryl/α,β-unsaturated/α-hetero) is 1. The summed E-state index contributed by atoms with van der Waals surface area (Å²) < 4.78 is 0. The van der Waals surface area contributed by atoms with Crippen LogP contribution in [-0.4, -0.2) is 18.5 Å². The van der Waals surface area contributed by atoms with Gasteiger partial charge in [0.2, 0.25) is 0 Å². The van der Waals surface area contributed by atoms with E-state index in [1.54, 1.807) is 14.0 Å². The molecule has 0 unspecified atom stereocenters. The third kappa shape index (κ3) is 4.95. The molecule has 2 heteroatoms. The summed E-state index contributed by atoms with van der Waals surface area (Å²) in [6.07, 6.45) is 2.54. The first-order valence-electron chi connectivity index (χ1n) is 4.91. The summed E-state index contributed by atoms with van der Waals surface area (Å²) in [5, 5.41) is 0. The molecule has 0 fully saturated rings. The van der Waals surface area contributed by atoms with E-state index >= 15 is 0 Å². The molecule has 0 aromatic heterocycles. The summed E-state index contributed by atoms with van der Waals surface area (Å²) >= 11 is 0. The van der Waals surface area contributed by atoms with Crippen molar-refractivity contribution in [2.24, 2.45) is 10.4 Å². The van der Waals surface area contributed by atoms with Crippen LogP contribution in [0.1, 0.15) is 41.0 Å². The van der Waals surface area contributed by atoms with Gasteiger partial charge in [-0.3, -0.25) is 9.79 Å². The smallest absolute Gasteiger partial charge is 0.133 e. The molecular weight excluding hydrogens is 174 g/mol. The Balaban J connectivity index is 4.70. The Morgan fingerprint density at radius 3 is 2.07 bits per heavy atom. The number of allylic oxidation sites excluding steroid dienone is 2. The van der Waals surface area contributed by atoms with Crippen LogP contribution in [0, 0.1) is 5.41 Å². The minimum atomic E-state index is 0.0484. The standard InChI is InChI=1S/C12H21NO/c1-9(7-10(2)14)8-11(13-6)12(3,4)5/h8H,7H2,1-6H3/b9-8+,13-11?. The van der Waals surface area contributed by atoms with Crippen LogP contribution in [0.25, 0.3) is 0 Å². The molecule has 0 atom stereocenters. The zero-order chi connectivity index (χ0) is 11.4. The molecule has 14 heavy (non-hydrogen) atoms. The van der Waals surface area contributed by atoms with E-state index in [1.807, 2.05) is 13.0 Å². The molecule has 0 bridgehead atoms. The first kappa shape index (κ1) is 13.1. The molecule has 0 rings (SSSR count). The second-order valence-electron chi connectivity index (χ2n) is 4.73. The highest BCUT2D eigenvalue weighted by atomic mass is 16.1. The van der Waals surface area contributed by atoms with Gasteiger partial charge in [0.25, 0.3) is 0 Å². The van der Waals surface area contributed by atoms with Crippen molar-refractivity contribution in [2.75, 3.05) is 7.05 Å². The fourth-order valence-corrected chi connectivity index (χ4v) is 1.29. The number of carbonyl (C=O) groups is 1. The Hall–Kier alpha value is -0.920. The van der Waals surface area contributed by atoms with Crippen LogP contribution >= 0.6 is 0 Å². The van der Waals surface area contributed by atoms with Crippen LogP contribution in [0.15, 0.2) is 16.6 Å². The molecule has 0 aromatic carbocycles. The number of rotatable bonds is 3. The maximum Gasteiger partial charge on any atom is 0.133 e. The largest absolute Gasteiger partial charge is 0.300 e. The summed E-state index contributed by atoms with van der Waals surface area (Å²) in [7, 11) is 1.79. The highest BCUT2D eigenvalue weighted by Gasteiger charge is 2.16. The lowest BCUT2D eigenvalue weighted by molar-refractivity contribution is -0.116. The Kier molecular flexibility index (Phi) is 4.75. The average Bonchev–Trinajstić information content (AvgIpc) is 1.96. The molecule has 0 radical (unpaired) electrons. The second kappa shape index (κ2) is 5.08. The third-order valence-corrected chi connectivity index (χ3v) is 1.92. The molecule has 0 saturated heterocycles. The lowest BCUT2D eigenvalue weighted by atomic mass is 9.88. The van der Waals surface area contributed by atoms with E-state index in [0.717, 1.165) is 11.3 Å². The quantitative estimate of drug-likeness (QED) is 0.636. The van der Waals surface area contributed by atoms with E-state index in [-0.39, 0.29) is 11.2 Å². The van der Waals surface area contributed by atoms with E-state index in [9.17, 15) is 4.79 Å². The molecule has 0 saturated carbocycles. The monoisotopic (exact) mass is 195 g/mol. The van der Waals surface area contributed by atoms with Gasteiger partial charge >= 0.3 is 0 Å². The molecule has 2 nitrogen and oxygen atoms in total. The lowest BCUT2D eigenvalue weighted by Gasteiger charge is -2.19. The van der Waals surface area contributed by atoms with Crippen molar-refractivity contribution in [3.8, 4) is 0 Å². The van der Waals surface area contributed by atoms with Crippen molar-refractivity contribution >= 4 is 11.5 Å². The number of ketones is 1. The van der Waals surface area contributed by atoms with Crippen LogP contribution in [0.4, 0.5) is 0 Å². The van der Waals surface area contributed by atoms with Crippen molar-refractivity contribution in [3.05, 3.63) is 11.6 Å². The van der Waals surface area contributed by atoms with Crippen molar-refractivity contribution in [1.82, 2.24) is 0 Å². The summed E-state index contributed by atoms with van der Waals surface area (Å²) in [6, 6.07) is 0. The Bertz CT molecular complexity index is 267. The lowest BCUT2D eigenvalue weighted by Crippen LogP contribution is -2.18. The summed E-state index contributed by atoms with van der Waals surface area (Å²) in [5.74, 6) is 0.197. The zero-order valence-electron chi connectivity index (χ0n) is 10.1. The molecule has 0 heterocycles. The van der Waals surface area contributed by atoms with E-state index in [0.29, 0.717) is 6.42 Å². The van der Waals surface area contributed by atoms with Gasteiger partial charge in [-0.2, -0.15) is 0 Å². The average molecular weight is 195 g/mol. The zero-order valence-corrected chi connectivity index (χ0v) is 10.1. The van der Waals surface area contributed by atoms with Crippen LogP contribution in [0.3, 0.4) is 0 Å². The fourth-order valence-electron chi connectivity index (χ4n) is 1.29. The molecule has 0 aromatic rings. The van der Waals surface area contributed by atoms with Crippen molar-refractivity contribution < 1.29 is 4.79 Å². The second-order valence-corrected chi connectivity index (χ2v) is 4.73. The summed E-state index contributed by atoms with van der Waals surface area (Å²) in [4.78, 5) is 15.1. The van der Waals surface area contributed by atoms with Gasteiger partial charge in [-0.15, -0.1) is 0 Å². The third-order valence-electron chi connectivity index (χ3n) is 1.92. The van der Waals surface area contributed by atoms with Gasteiger partial charge in [0.05, 0.1) is 0 Å². The predicted molar refractivity (Wildman–Crippen MR) is 61.9 cm³/mol.